The Morgan fingerprint density at radius 3 is 1.33 bits per heavy atom. The van der Waals surface area contributed by atoms with E-state index in [2.05, 4.69) is 0 Å². The van der Waals surface area contributed by atoms with E-state index < -0.39 is 25.7 Å². The average molecular weight is 186 g/mol. The molecule has 0 aliphatic heterocycles. The van der Waals surface area contributed by atoms with Crippen molar-refractivity contribution >= 4 is 0 Å². The summed E-state index contributed by atoms with van der Waals surface area (Å²) < 4.78 is 47.5. The van der Waals surface area contributed by atoms with Crippen molar-refractivity contribution in [1.82, 2.24) is 0 Å². The van der Waals surface area contributed by atoms with Gasteiger partial charge in [-0.1, -0.05) is 12.8 Å². The highest BCUT2D eigenvalue weighted by Crippen LogP contribution is 2.10. The van der Waals surface area contributed by atoms with Gasteiger partial charge in [0.05, 0.1) is 0 Å². The van der Waals surface area contributed by atoms with E-state index in [1.807, 2.05) is 0 Å². The van der Waals surface area contributed by atoms with Crippen molar-refractivity contribution in [3.8, 4) is 0 Å². The molecule has 2 unspecified atom stereocenters. The summed E-state index contributed by atoms with van der Waals surface area (Å²) in [7, 11) is 0. The zero-order valence-electron chi connectivity index (χ0n) is 6.91. The van der Waals surface area contributed by atoms with Crippen LogP contribution in [0.15, 0.2) is 0 Å². The van der Waals surface area contributed by atoms with Crippen LogP contribution in [0.1, 0.15) is 25.7 Å². The predicted molar refractivity (Wildman–Crippen MR) is 40.2 cm³/mol. The molecule has 74 valence electrons. The number of alkyl halides is 4. The predicted octanol–water partition coefficient (Wildman–Crippen LogP) is 3.16. The van der Waals surface area contributed by atoms with Gasteiger partial charge < -0.3 is 0 Å². The second-order valence-corrected chi connectivity index (χ2v) is 2.79. The number of rotatable bonds is 7. The van der Waals surface area contributed by atoms with E-state index >= 15 is 0 Å². The maximum Gasteiger partial charge on any atom is 0.128 e. The molecule has 0 aliphatic carbocycles. The largest absolute Gasteiger partial charge is 0.248 e. The summed E-state index contributed by atoms with van der Waals surface area (Å²) in [5.74, 6) is 0. The van der Waals surface area contributed by atoms with Gasteiger partial charge in [0, 0.05) is 0 Å². The highest BCUT2D eigenvalue weighted by atomic mass is 19.2. The fraction of sp³-hybridized carbons (Fsp3) is 1.00. The summed E-state index contributed by atoms with van der Waals surface area (Å²) in [6, 6.07) is 0. The lowest BCUT2D eigenvalue weighted by Gasteiger charge is -2.04. The lowest BCUT2D eigenvalue weighted by Crippen LogP contribution is -2.05. The Labute approximate surface area is 70.0 Å². The molecule has 0 nitrogen and oxygen atoms in total. The number of unbranched alkanes of at least 4 members (excludes halogenated alkanes) is 1. The first-order chi connectivity index (χ1) is 5.70. The molecule has 0 saturated carbocycles. The van der Waals surface area contributed by atoms with E-state index in [1.165, 1.54) is 0 Å². The van der Waals surface area contributed by atoms with Crippen molar-refractivity contribution in [2.75, 3.05) is 13.3 Å². The fourth-order valence-corrected chi connectivity index (χ4v) is 0.886. The minimum atomic E-state index is -1.44. The molecule has 2 atom stereocenters. The highest BCUT2D eigenvalue weighted by Gasteiger charge is 2.07. The van der Waals surface area contributed by atoms with Crippen molar-refractivity contribution in [2.45, 2.75) is 38.0 Å². The second kappa shape index (κ2) is 7.37. The van der Waals surface area contributed by atoms with Crippen LogP contribution >= 0.6 is 0 Å². The van der Waals surface area contributed by atoms with Crippen LogP contribution in [0.2, 0.25) is 0 Å². The minimum Gasteiger partial charge on any atom is -0.248 e. The summed E-state index contributed by atoms with van der Waals surface area (Å²) >= 11 is 0. The van der Waals surface area contributed by atoms with Crippen LogP contribution < -0.4 is 0 Å². The van der Waals surface area contributed by atoms with Gasteiger partial charge in [-0.15, -0.1) is 0 Å². The molecule has 0 saturated heterocycles. The molecule has 0 N–H and O–H groups in total. The molecule has 0 aromatic rings. The summed E-state index contributed by atoms with van der Waals surface area (Å²) in [5, 5.41) is 0. The van der Waals surface area contributed by atoms with Gasteiger partial charge in [0.25, 0.3) is 0 Å². The zero-order valence-corrected chi connectivity index (χ0v) is 6.91. The maximum absolute atomic E-state index is 12.2. The van der Waals surface area contributed by atoms with Gasteiger partial charge >= 0.3 is 0 Å². The van der Waals surface area contributed by atoms with Crippen molar-refractivity contribution in [3.63, 3.8) is 0 Å². The summed E-state index contributed by atoms with van der Waals surface area (Å²) in [6.07, 6.45) is -1.82. The number of halogens is 4. The quantitative estimate of drug-likeness (QED) is 0.423. The molecule has 0 heterocycles. The lowest BCUT2D eigenvalue weighted by molar-refractivity contribution is 0.223. The smallest absolute Gasteiger partial charge is 0.128 e. The van der Waals surface area contributed by atoms with E-state index in [0.717, 1.165) is 0 Å². The van der Waals surface area contributed by atoms with Crippen LogP contribution in [0.3, 0.4) is 0 Å². The Balaban J connectivity index is 3.10. The number of hydrogen-bond acceptors (Lipinski definition) is 0. The normalized spacial score (nSPS) is 16.0. The molecule has 0 rings (SSSR count). The first-order valence-corrected chi connectivity index (χ1v) is 4.10. The lowest BCUT2D eigenvalue weighted by atomic mass is 10.1. The third-order valence-corrected chi connectivity index (χ3v) is 1.62. The Kier molecular flexibility index (Phi) is 7.20. The Morgan fingerprint density at radius 2 is 1.08 bits per heavy atom. The van der Waals surface area contributed by atoms with E-state index in [-0.39, 0.29) is 12.8 Å². The molecule has 0 bridgehead atoms. The summed E-state index contributed by atoms with van der Waals surface area (Å²) in [6.45, 7) is -1.97. The van der Waals surface area contributed by atoms with Gasteiger partial charge in [0.15, 0.2) is 0 Å². The fourth-order valence-electron chi connectivity index (χ4n) is 0.886. The van der Waals surface area contributed by atoms with Crippen molar-refractivity contribution in [2.24, 2.45) is 0 Å². The molecular formula is C8H14F4. The third kappa shape index (κ3) is 6.43. The molecule has 12 heavy (non-hydrogen) atoms. The molecule has 0 radical (unpaired) electrons. The van der Waals surface area contributed by atoms with Gasteiger partial charge in [-0.2, -0.15) is 0 Å². The van der Waals surface area contributed by atoms with Crippen LogP contribution in [-0.4, -0.2) is 25.7 Å². The van der Waals surface area contributed by atoms with E-state index in [4.69, 9.17) is 0 Å². The van der Waals surface area contributed by atoms with Crippen LogP contribution in [0.5, 0.6) is 0 Å². The Bertz CT molecular complexity index is 85.1. The van der Waals surface area contributed by atoms with E-state index in [1.54, 1.807) is 0 Å². The van der Waals surface area contributed by atoms with Crippen molar-refractivity contribution in [3.05, 3.63) is 0 Å². The molecule has 0 fully saturated rings. The van der Waals surface area contributed by atoms with Gasteiger partial charge in [-0.25, -0.2) is 17.6 Å². The van der Waals surface area contributed by atoms with Crippen LogP contribution in [0, 0.1) is 0 Å². The third-order valence-electron chi connectivity index (χ3n) is 1.62. The highest BCUT2D eigenvalue weighted by molar-refractivity contribution is 4.57. The standard InChI is InChI=1S/C8H14F4/c9-5-7(11)3-1-2-4-8(12)6-10/h7-8H,1-6H2. The topological polar surface area (TPSA) is 0 Å². The SMILES string of the molecule is FCC(F)CCCCC(F)CF. The summed E-state index contributed by atoms with van der Waals surface area (Å²) in [4.78, 5) is 0. The van der Waals surface area contributed by atoms with Gasteiger partial charge in [-0.05, 0) is 12.8 Å². The van der Waals surface area contributed by atoms with Crippen LogP contribution in [-0.2, 0) is 0 Å². The summed E-state index contributed by atoms with van der Waals surface area (Å²) in [5.41, 5.74) is 0. The molecule has 0 aromatic heterocycles. The van der Waals surface area contributed by atoms with E-state index in [9.17, 15) is 17.6 Å². The van der Waals surface area contributed by atoms with Crippen LogP contribution in [0.25, 0.3) is 0 Å². The first kappa shape index (κ1) is 11.7. The molecule has 0 aromatic carbocycles. The van der Waals surface area contributed by atoms with Gasteiger partial charge in [0.2, 0.25) is 0 Å². The Hall–Kier alpha value is -0.280. The molecule has 0 spiro atoms. The van der Waals surface area contributed by atoms with Crippen LogP contribution in [0.4, 0.5) is 17.6 Å². The van der Waals surface area contributed by atoms with Crippen molar-refractivity contribution < 1.29 is 17.6 Å². The molecule has 0 amide bonds. The van der Waals surface area contributed by atoms with Crippen molar-refractivity contribution in [1.29, 1.82) is 0 Å². The molecular weight excluding hydrogens is 172 g/mol. The average Bonchev–Trinajstić information content (AvgIpc) is 2.11. The molecule has 0 aliphatic rings. The second-order valence-electron chi connectivity index (χ2n) is 2.79. The Morgan fingerprint density at radius 1 is 0.750 bits per heavy atom. The minimum absolute atomic E-state index is 0.107. The maximum atomic E-state index is 12.2. The number of hydrogen-bond donors (Lipinski definition) is 0. The molecule has 4 heteroatoms. The zero-order chi connectivity index (χ0) is 9.40. The first-order valence-electron chi connectivity index (χ1n) is 4.10. The van der Waals surface area contributed by atoms with E-state index in [0.29, 0.717) is 12.8 Å². The monoisotopic (exact) mass is 186 g/mol. The van der Waals surface area contributed by atoms with Gasteiger partial charge in [-0.3, -0.25) is 0 Å². The van der Waals surface area contributed by atoms with Gasteiger partial charge in [0.1, 0.15) is 25.7 Å².